The Morgan fingerprint density at radius 3 is 2.84 bits per heavy atom. The Kier molecular flexibility index (Phi) is 4.97. The van der Waals surface area contributed by atoms with Gasteiger partial charge in [0.05, 0.1) is 0 Å². The van der Waals surface area contributed by atoms with Gasteiger partial charge < -0.3 is 10.6 Å². The van der Waals surface area contributed by atoms with Crippen molar-refractivity contribution in [1.82, 2.24) is 10.6 Å². The number of carbonyl (C=O) groups is 1. The zero-order valence-electron chi connectivity index (χ0n) is 11.7. The van der Waals surface area contributed by atoms with E-state index in [-0.39, 0.29) is 11.4 Å². The lowest BCUT2D eigenvalue weighted by atomic mass is 10.0. The number of aryl methyl sites for hydroxylation is 1. The summed E-state index contributed by atoms with van der Waals surface area (Å²) in [4.78, 5) is 11.8. The maximum Gasteiger partial charge on any atom is 0.220 e. The number of amides is 1. The van der Waals surface area contributed by atoms with Gasteiger partial charge in [0.25, 0.3) is 0 Å². The van der Waals surface area contributed by atoms with E-state index in [1.54, 1.807) is 0 Å². The molecule has 2 N–H and O–H groups in total. The number of hydrogen-bond donors (Lipinski definition) is 2. The van der Waals surface area contributed by atoms with Gasteiger partial charge in [0.2, 0.25) is 5.91 Å². The number of hydrogen-bond acceptors (Lipinski definition) is 2. The molecule has 1 atom stereocenters. The van der Waals surface area contributed by atoms with Crippen molar-refractivity contribution in [2.45, 2.75) is 44.6 Å². The van der Waals surface area contributed by atoms with Crippen LogP contribution in [0.2, 0.25) is 0 Å². The fourth-order valence-corrected chi connectivity index (χ4v) is 2.59. The van der Waals surface area contributed by atoms with E-state index in [0.717, 1.165) is 32.4 Å². The van der Waals surface area contributed by atoms with Crippen LogP contribution in [-0.4, -0.2) is 24.5 Å². The maximum atomic E-state index is 11.8. The summed E-state index contributed by atoms with van der Waals surface area (Å²) < 4.78 is 0. The minimum atomic E-state index is 0.106. The van der Waals surface area contributed by atoms with Gasteiger partial charge in [-0.05, 0) is 44.7 Å². The van der Waals surface area contributed by atoms with Crippen molar-refractivity contribution in [2.24, 2.45) is 0 Å². The standard InChI is InChI=1S/C16H24N2O/c1-16(11-6-12-18-16)13-17-15(19)10-5-9-14-7-3-2-4-8-14/h2-4,7-8,18H,5-6,9-13H2,1H3,(H,17,19). The Morgan fingerprint density at radius 1 is 1.37 bits per heavy atom. The third kappa shape index (κ3) is 4.67. The summed E-state index contributed by atoms with van der Waals surface area (Å²) in [6.07, 6.45) is 4.87. The predicted molar refractivity (Wildman–Crippen MR) is 78.0 cm³/mol. The van der Waals surface area contributed by atoms with Gasteiger partial charge in [0, 0.05) is 18.5 Å². The minimum Gasteiger partial charge on any atom is -0.354 e. The highest BCUT2D eigenvalue weighted by Gasteiger charge is 2.27. The van der Waals surface area contributed by atoms with Crippen LogP contribution in [0.4, 0.5) is 0 Å². The van der Waals surface area contributed by atoms with Crippen molar-refractivity contribution < 1.29 is 4.79 Å². The van der Waals surface area contributed by atoms with Crippen molar-refractivity contribution >= 4 is 5.91 Å². The lowest BCUT2D eigenvalue weighted by molar-refractivity contribution is -0.121. The van der Waals surface area contributed by atoms with Crippen LogP contribution in [-0.2, 0) is 11.2 Å². The van der Waals surface area contributed by atoms with Crippen LogP contribution in [0, 0.1) is 0 Å². The first-order valence-corrected chi connectivity index (χ1v) is 7.24. The third-order valence-corrected chi connectivity index (χ3v) is 3.84. The van der Waals surface area contributed by atoms with E-state index in [0.29, 0.717) is 6.42 Å². The molecular formula is C16H24N2O. The summed E-state index contributed by atoms with van der Waals surface area (Å²) in [5.74, 6) is 0.172. The molecule has 1 amide bonds. The highest BCUT2D eigenvalue weighted by Crippen LogP contribution is 2.17. The molecule has 1 aliphatic heterocycles. The Hall–Kier alpha value is -1.35. The molecule has 1 aromatic rings. The smallest absolute Gasteiger partial charge is 0.220 e. The minimum absolute atomic E-state index is 0.106. The average Bonchev–Trinajstić information content (AvgIpc) is 2.85. The molecule has 1 unspecified atom stereocenters. The van der Waals surface area contributed by atoms with Crippen LogP contribution in [0.25, 0.3) is 0 Å². The highest BCUT2D eigenvalue weighted by molar-refractivity contribution is 5.75. The quantitative estimate of drug-likeness (QED) is 0.824. The third-order valence-electron chi connectivity index (χ3n) is 3.84. The molecule has 1 aromatic carbocycles. The van der Waals surface area contributed by atoms with Gasteiger partial charge in [-0.3, -0.25) is 4.79 Å². The molecule has 0 bridgehead atoms. The highest BCUT2D eigenvalue weighted by atomic mass is 16.1. The molecule has 0 saturated carbocycles. The van der Waals surface area contributed by atoms with Crippen molar-refractivity contribution in [1.29, 1.82) is 0 Å². The average molecular weight is 260 g/mol. The van der Waals surface area contributed by atoms with Crippen LogP contribution in [0.3, 0.4) is 0 Å². The fraction of sp³-hybridized carbons (Fsp3) is 0.562. The summed E-state index contributed by atoms with van der Waals surface area (Å²) in [6, 6.07) is 10.3. The lowest BCUT2D eigenvalue weighted by Gasteiger charge is -2.24. The molecule has 0 aromatic heterocycles. The molecule has 3 nitrogen and oxygen atoms in total. The monoisotopic (exact) mass is 260 g/mol. The molecule has 0 aliphatic carbocycles. The molecular weight excluding hydrogens is 236 g/mol. The van der Waals surface area contributed by atoms with Gasteiger partial charge >= 0.3 is 0 Å². The molecule has 1 saturated heterocycles. The Labute approximate surface area is 115 Å². The zero-order valence-corrected chi connectivity index (χ0v) is 11.7. The molecule has 1 heterocycles. The van der Waals surface area contributed by atoms with E-state index < -0.39 is 0 Å². The van der Waals surface area contributed by atoms with Gasteiger partial charge in [0.1, 0.15) is 0 Å². The molecule has 0 spiro atoms. The summed E-state index contributed by atoms with van der Waals surface area (Å²) in [7, 11) is 0. The summed E-state index contributed by atoms with van der Waals surface area (Å²) in [5, 5.41) is 6.51. The molecule has 104 valence electrons. The van der Waals surface area contributed by atoms with Gasteiger partial charge in [-0.1, -0.05) is 30.3 Å². The molecule has 1 aliphatic rings. The van der Waals surface area contributed by atoms with Crippen molar-refractivity contribution in [2.75, 3.05) is 13.1 Å². The number of carbonyl (C=O) groups excluding carboxylic acids is 1. The molecule has 19 heavy (non-hydrogen) atoms. The van der Waals surface area contributed by atoms with Crippen LogP contribution >= 0.6 is 0 Å². The van der Waals surface area contributed by atoms with Crippen molar-refractivity contribution in [3.8, 4) is 0 Å². The summed E-state index contributed by atoms with van der Waals surface area (Å²) >= 11 is 0. The van der Waals surface area contributed by atoms with E-state index in [1.807, 2.05) is 18.2 Å². The first kappa shape index (κ1) is 14.1. The van der Waals surface area contributed by atoms with E-state index in [9.17, 15) is 4.79 Å². The number of benzene rings is 1. The van der Waals surface area contributed by atoms with Crippen LogP contribution in [0.1, 0.15) is 38.2 Å². The summed E-state index contributed by atoms with van der Waals surface area (Å²) in [5.41, 5.74) is 1.41. The van der Waals surface area contributed by atoms with Gasteiger partial charge in [-0.2, -0.15) is 0 Å². The second-order valence-corrected chi connectivity index (χ2v) is 5.71. The number of nitrogens with one attached hydrogen (secondary N) is 2. The van der Waals surface area contributed by atoms with Crippen LogP contribution in [0.15, 0.2) is 30.3 Å². The first-order valence-electron chi connectivity index (χ1n) is 7.24. The second kappa shape index (κ2) is 6.71. The van der Waals surface area contributed by atoms with E-state index in [2.05, 4.69) is 29.7 Å². The predicted octanol–water partition coefficient (Wildman–Crippen LogP) is 2.27. The van der Waals surface area contributed by atoms with E-state index in [1.165, 1.54) is 12.0 Å². The fourth-order valence-electron chi connectivity index (χ4n) is 2.59. The van der Waals surface area contributed by atoms with Gasteiger partial charge in [-0.15, -0.1) is 0 Å². The molecule has 0 radical (unpaired) electrons. The zero-order chi connectivity index (χ0) is 13.6. The molecule has 3 heteroatoms. The normalized spacial score (nSPS) is 22.4. The molecule has 2 rings (SSSR count). The van der Waals surface area contributed by atoms with Gasteiger partial charge in [-0.25, -0.2) is 0 Å². The Balaban J connectivity index is 1.62. The number of rotatable bonds is 6. The SMILES string of the molecule is CC1(CNC(=O)CCCc2ccccc2)CCCN1. The van der Waals surface area contributed by atoms with E-state index >= 15 is 0 Å². The van der Waals surface area contributed by atoms with Crippen molar-refractivity contribution in [3.63, 3.8) is 0 Å². The second-order valence-electron chi connectivity index (χ2n) is 5.71. The summed E-state index contributed by atoms with van der Waals surface area (Å²) in [6.45, 7) is 4.00. The Morgan fingerprint density at radius 2 is 2.16 bits per heavy atom. The topological polar surface area (TPSA) is 41.1 Å². The van der Waals surface area contributed by atoms with Gasteiger partial charge in [0.15, 0.2) is 0 Å². The van der Waals surface area contributed by atoms with E-state index in [4.69, 9.17) is 0 Å². The Bertz CT molecular complexity index is 396. The van der Waals surface area contributed by atoms with Crippen molar-refractivity contribution in [3.05, 3.63) is 35.9 Å². The van der Waals surface area contributed by atoms with Crippen LogP contribution < -0.4 is 10.6 Å². The first-order chi connectivity index (χ1) is 9.18. The lowest BCUT2D eigenvalue weighted by Crippen LogP contribution is -2.47. The van der Waals surface area contributed by atoms with Crippen LogP contribution in [0.5, 0.6) is 0 Å². The maximum absolute atomic E-state index is 11.8. The largest absolute Gasteiger partial charge is 0.354 e. The molecule has 1 fully saturated rings.